The number of methoxy groups -OCH3 is 1. The first-order valence-electron chi connectivity index (χ1n) is 8.53. The standard InChI is InChI=1S/C20H24FN3O/c1-4-6-17-8-5-7-14(2)24(17)13-16-12-22-23-20(16)15-9-10-19(25-3)18(21)11-15/h4-5,7,9-12,14,17H,1,6,8,13H2,2-3H3,(H,22,23)/t14-,17-/m1/s1. The van der Waals surface area contributed by atoms with Crippen LogP contribution in [0.1, 0.15) is 25.3 Å². The Morgan fingerprint density at radius 2 is 2.32 bits per heavy atom. The number of hydrogen-bond donors (Lipinski definition) is 1. The van der Waals surface area contributed by atoms with E-state index >= 15 is 0 Å². The Hall–Kier alpha value is -2.40. The molecule has 1 aliphatic rings. The van der Waals surface area contributed by atoms with E-state index in [0.717, 1.165) is 36.2 Å². The number of nitrogens with one attached hydrogen (secondary N) is 1. The van der Waals surface area contributed by atoms with Gasteiger partial charge in [-0.25, -0.2) is 4.39 Å². The smallest absolute Gasteiger partial charge is 0.165 e. The van der Waals surface area contributed by atoms with Crippen LogP contribution in [0, 0.1) is 5.82 Å². The van der Waals surface area contributed by atoms with Gasteiger partial charge in [-0.1, -0.05) is 18.2 Å². The van der Waals surface area contributed by atoms with Crippen molar-refractivity contribution in [1.29, 1.82) is 0 Å². The quantitative estimate of drug-likeness (QED) is 0.796. The summed E-state index contributed by atoms with van der Waals surface area (Å²) in [6.45, 7) is 6.83. The fourth-order valence-corrected chi connectivity index (χ4v) is 3.41. The summed E-state index contributed by atoms with van der Waals surface area (Å²) in [5.41, 5.74) is 2.67. The van der Waals surface area contributed by atoms with Crippen molar-refractivity contribution in [3.05, 3.63) is 60.6 Å². The zero-order valence-corrected chi connectivity index (χ0v) is 14.7. The number of H-pyrrole nitrogens is 1. The second-order valence-corrected chi connectivity index (χ2v) is 6.37. The molecular formula is C20H24FN3O. The number of hydrogen-bond acceptors (Lipinski definition) is 3. The average molecular weight is 341 g/mol. The van der Waals surface area contributed by atoms with Gasteiger partial charge in [-0.2, -0.15) is 5.10 Å². The van der Waals surface area contributed by atoms with Crippen LogP contribution in [0.4, 0.5) is 4.39 Å². The number of benzene rings is 1. The molecule has 0 saturated carbocycles. The van der Waals surface area contributed by atoms with E-state index in [1.165, 1.54) is 13.2 Å². The van der Waals surface area contributed by atoms with Gasteiger partial charge in [-0.15, -0.1) is 6.58 Å². The molecule has 132 valence electrons. The fraction of sp³-hybridized carbons (Fsp3) is 0.350. The summed E-state index contributed by atoms with van der Waals surface area (Å²) >= 11 is 0. The van der Waals surface area contributed by atoms with Gasteiger partial charge in [0.1, 0.15) is 0 Å². The Balaban J connectivity index is 1.87. The topological polar surface area (TPSA) is 41.2 Å². The Bertz CT molecular complexity index is 768. The molecule has 4 nitrogen and oxygen atoms in total. The summed E-state index contributed by atoms with van der Waals surface area (Å²) < 4.78 is 19.1. The SMILES string of the molecule is C=CC[C@@H]1CC=C[C@@H](C)N1Cc1cn[nH]c1-c1ccc(OC)c(F)c1. The second-order valence-electron chi connectivity index (χ2n) is 6.37. The van der Waals surface area contributed by atoms with Crippen LogP contribution in [0.3, 0.4) is 0 Å². The van der Waals surface area contributed by atoms with Gasteiger partial charge in [0.25, 0.3) is 0 Å². The molecule has 5 heteroatoms. The van der Waals surface area contributed by atoms with Crippen LogP contribution in [0.15, 0.2) is 49.2 Å². The third-order valence-corrected chi connectivity index (χ3v) is 4.76. The molecular weight excluding hydrogens is 317 g/mol. The largest absolute Gasteiger partial charge is 0.494 e. The highest BCUT2D eigenvalue weighted by molar-refractivity contribution is 5.63. The average Bonchev–Trinajstić information content (AvgIpc) is 3.06. The molecule has 2 aromatic rings. The van der Waals surface area contributed by atoms with E-state index in [0.29, 0.717) is 12.1 Å². The molecule has 0 amide bonds. The van der Waals surface area contributed by atoms with E-state index < -0.39 is 0 Å². The third kappa shape index (κ3) is 3.66. The van der Waals surface area contributed by atoms with Crippen LogP contribution in [-0.4, -0.2) is 34.3 Å². The van der Waals surface area contributed by atoms with Gasteiger partial charge in [0, 0.05) is 29.8 Å². The summed E-state index contributed by atoms with van der Waals surface area (Å²) in [6, 6.07) is 5.74. The van der Waals surface area contributed by atoms with Crippen LogP contribution in [0.2, 0.25) is 0 Å². The molecule has 2 heterocycles. The van der Waals surface area contributed by atoms with Gasteiger partial charge in [0.2, 0.25) is 0 Å². The molecule has 25 heavy (non-hydrogen) atoms. The van der Waals surface area contributed by atoms with Crippen molar-refractivity contribution in [3.8, 4) is 17.0 Å². The Labute approximate surface area is 148 Å². The first kappa shape index (κ1) is 17.4. The summed E-state index contributed by atoms with van der Waals surface area (Å²) in [7, 11) is 1.46. The van der Waals surface area contributed by atoms with Gasteiger partial charge in [-0.05, 0) is 38.0 Å². The monoisotopic (exact) mass is 341 g/mol. The number of rotatable bonds is 6. The van der Waals surface area contributed by atoms with Crippen LogP contribution in [0.25, 0.3) is 11.3 Å². The van der Waals surface area contributed by atoms with Crippen molar-refractivity contribution in [3.63, 3.8) is 0 Å². The number of aromatic amines is 1. The van der Waals surface area contributed by atoms with Crippen molar-refractivity contribution in [2.45, 2.75) is 38.4 Å². The molecule has 1 aromatic heterocycles. The van der Waals surface area contributed by atoms with E-state index in [1.54, 1.807) is 6.07 Å². The lowest BCUT2D eigenvalue weighted by Gasteiger charge is -2.37. The van der Waals surface area contributed by atoms with Crippen molar-refractivity contribution >= 4 is 0 Å². The second kappa shape index (κ2) is 7.66. The van der Waals surface area contributed by atoms with Crippen LogP contribution < -0.4 is 4.74 Å². The highest BCUT2D eigenvalue weighted by Gasteiger charge is 2.25. The number of nitrogens with zero attached hydrogens (tertiary/aromatic N) is 2. The fourth-order valence-electron chi connectivity index (χ4n) is 3.41. The van der Waals surface area contributed by atoms with Crippen LogP contribution in [0.5, 0.6) is 5.75 Å². The zero-order valence-electron chi connectivity index (χ0n) is 14.7. The van der Waals surface area contributed by atoms with Crippen molar-refractivity contribution < 1.29 is 9.13 Å². The number of halogens is 1. The lowest BCUT2D eigenvalue weighted by molar-refractivity contribution is 0.151. The highest BCUT2D eigenvalue weighted by atomic mass is 19.1. The van der Waals surface area contributed by atoms with Gasteiger partial charge in [0.15, 0.2) is 11.6 Å². The summed E-state index contributed by atoms with van der Waals surface area (Å²) in [6.07, 6.45) is 10.2. The molecule has 0 fully saturated rings. The van der Waals surface area contributed by atoms with Gasteiger partial charge < -0.3 is 4.74 Å². The minimum Gasteiger partial charge on any atom is -0.494 e. The molecule has 0 saturated heterocycles. The number of ether oxygens (including phenoxy) is 1. The molecule has 0 aliphatic carbocycles. The minimum atomic E-state index is -0.376. The molecule has 2 atom stereocenters. The van der Waals surface area contributed by atoms with Crippen molar-refractivity contribution in [2.24, 2.45) is 0 Å². The van der Waals surface area contributed by atoms with Crippen LogP contribution >= 0.6 is 0 Å². The lowest BCUT2D eigenvalue weighted by Crippen LogP contribution is -2.42. The molecule has 1 aromatic carbocycles. The summed E-state index contributed by atoms with van der Waals surface area (Å²) in [4.78, 5) is 2.44. The minimum absolute atomic E-state index is 0.241. The van der Waals surface area contributed by atoms with Gasteiger partial charge >= 0.3 is 0 Å². The highest BCUT2D eigenvalue weighted by Crippen LogP contribution is 2.29. The van der Waals surface area contributed by atoms with E-state index in [9.17, 15) is 4.39 Å². The molecule has 0 spiro atoms. The molecule has 1 aliphatic heterocycles. The Kier molecular flexibility index (Phi) is 5.34. The lowest BCUT2D eigenvalue weighted by atomic mass is 9.98. The van der Waals surface area contributed by atoms with Crippen molar-refractivity contribution in [1.82, 2.24) is 15.1 Å². The molecule has 3 rings (SSSR count). The molecule has 0 bridgehead atoms. The van der Waals surface area contributed by atoms with E-state index in [-0.39, 0.29) is 11.6 Å². The maximum atomic E-state index is 14.1. The number of aromatic nitrogens is 2. The van der Waals surface area contributed by atoms with E-state index in [2.05, 4.69) is 40.8 Å². The predicted molar refractivity (Wildman–Crippen MR) is 97.9 cm³/mol. The zero-order chi connectivity index (χ0) is 17.8. The molecule has 1 N–H and O–H groups in total. The van der Waals surface area contributed by atoms with Crippen LogP contribution in [-0.2, 0) is 6.54 Å². The Morgan fingerprint density at radius 1 is 1.48 bits per heavy atom. The third-order valence-electron chi connectivity index (χ3n) is 4.76. The normalized spacial score (nSPS) is 20.6. The van der Waals surface area contributed by atoms with E-state index in [1.807, 2.05) is 18.3 Å². The molecule has 0 radical (unpaired) electrons. The maximum Gasteiger partial charge on any atom is 0.165 e. The maximum absolute atomic E-state index is 14.1. The molecule has 0 unspecified atom stereocenters. The van der Waals surface area contributed by atoms with Gasteiger partial charge in [-0.3, -0.25) is 10.00 Å². The Morgan fingerprint density at radius 3 is 3.04 bits per heavy atom. The first-order chi connectivity index (χ1) is 12.1. The van der Waals surface area contributed by atoms with Crippen molar-refractivity contribution in [2.75, 3.05) is 7.11 Å². The van der Waals surface area contributed by atoms with Gasteiger partial charge in [0.05, 0.1) is 19.0 Å². The first-order valence-corrected chi connectivity index (χ1v) is 8.53. The summed E-state index contributed by atoms with van der Waals surface area (Å²) in [5, 5.41) is 7.20. The summed E-state index contributed by atoms with van der Waals surface area (Å²) in [5.74, 6) is -0.134. The van der Waals surface area contributed by atoms with E-state index in [4.69, 9.17) is 4.74 Å². The predicted octanol–water partition coefficient (Wildman–Crippen LogP) is 4.32.